The number of hydrogen-bond donors (Lipinski definition) is 1. The molecule has 0 saturated carbocycles. The van der Waals surface area contributed by atoms with Crippen molar-refractivity contribution in [1.29, 1.82) is 0 Å². The summed E-state index contributed by atoms with van der Waals surface area (Å²) in [5, 5.41) is 0.407. The van der Waals surface area contributed by atoms with Crippen molar-refractivity contribution in [2.75, 3.05) is 6.54 Å². The molecule has 1 heterocycles. The number of carbonyl (C=O) groups is 1. The second kappa shape index (κ2) is 5.94. The summed E-state index contributed by atoms with van der Waals surface area (Å²) in [6, 6.07) is 4.28. The molecule has 1 aromatic rings. The lowest BCUT2D eigenvalue weighted by Crippen LogP contribution is -2.38. The Morgan fingerprint density at radius 3 is 2.57 bits per heavy atom. The van der Waals surface area contributed by atoms with Crippen molar-refractivity contribution >= 4 is 27.5 Å². The molecule has 0 aromatic heterocycles. The van der Waals surface area contributed by atoms with Crippen molar-refractivity contribution in [3.05, 3.63) is 28.8 Å². The van der Waals surface area contributed by atoms with Crippen molar-refractivity contribution < 1.29 is 13.2 Å². The topological polar surface area (TPSA) is 66.5 Å². The molecule has 21 heavy (non-hydrogen) atoms. The maximum atomic E-state index is 12.3. The first-order valence-corrected chi connectivity index (χ1v) is 8.65. The molecule has 5 nitrogen and oxygen atoms in total. The summed E-state index contributed by atoms with van der Waals surface area (Å²) in [6.07, 6.45) is 0.191. The molecule has 0 radical (unpaired) electrons. The molecule has 1 amide bonds. The van der Waals surface area contributed by atoms with E-state index in [4.69, 9.17) is 11.6 Å². The van der Waals surface area contributed by atoms with Crippen LogP contribution < -0.4 is 4.72 Å². The number of nitrogens with zero attached hydrogens (tertiary/aromatic N) is 1. The highest BCUT2D eigenvalue weighted by Gasteiger charge is 2.33. The number of benzene rings is 1. The first-order valence-electron chi connectivity index (χ1n) is 6.78. The molecule has 7 heteroatoms. The highest BCUT2D eigenvalue weighted by Crippen LogP contribution is 2.21. The minimum atomic E-state index is -3.67. The standard InChI is InChI=1S/C14H19ClN2O3S/c1-9(2)17-8-11(6-14(17)18)16-21(19,20)12-5-4-10(3)13(15)7-12/h4-5,7,9,11,16H,6,8H2,1-3H3. The van der Waals surface area contributed by atoms with E-state index in [1.807, 2.05) is 20.8 Å². The van der Waals surface area contributed by atoms with E-state index in [-0.39, 0.29) is 23.3 Å². The molecule has 0 spiro atoms. The monoisotopic (exact) mass is 330 g/mol. The number of amides is 1. The molecule has 0 aliphatic carbocycles. The van der Waals surface area contributed by atoms with Gasteiger partial charge < -0.3 is 4.90 Å². The summed E-state index contributed by atoms with van der Waals surface area (Å²) in [7, 11) is -3.67. The Hall–Kier alpha value is -1.11. The van der Waals surface area contributed by atoms with Gasteiger partial charge in [0, 0.05) is 30.1 Å². The number of hydrogen-bond acceptors (Lipinski definition) is 3. The van der Waals surface area contributed by atoms with Crippen LogP contribution in [-0.4, -0.2) is 37.9 Å². The van der Waals surface area contributed by atoms with Crippen molar-refractivity contribution in [2.24, 2.45) is 0 Å². The summed E-state index contributed by atoms with van der Waals surface area (Å²) < 4.78 is 27.3. The molecule has 1 aliphatic heterocycles. The molecule has 2 rings (SSSR count). The largest absolute Gasteiger partial charge is 0.339 e. The van der Waals surface area contributed by atoms with Crippen LogP contribution in [0.3, 0.4) is 0 Å². The van der Waals surface area contributed by atoms with Gasteiger partial charge in [0.25, 0.3) is 0 Å². The van der Waals surface area contributed by atoms with Gasteiger partial charge in [-0.25, -0.2) is 13.1 Å². The zero-order valence-corrected chi connectivity index (χ0v) is 13.8. The van der Waals surface area contributed by atoms with E-state index in [2.05, 4.69) is 4.72 Å². The highest BCUT2D eigenvalue weighted by atomic mass is 35.5. The minimum Gasteiger partial charge on any atom is -0.339 e. The van der Waals surface area contributed by atoms with Gasteiger partial charge in [-0.3, -0.25) is 4.79 Å². The van der Waals surface area contributed by atoms with Gasteiger partial charge >= 0.3 is 0 Å². The molecule has 1 fully saturated rings. The molecule has 1 atom stereocenters. The number of halogens is 1. The predicted octanol–water partition coefficient (Wildman–Crippen LogP) is 1.94. The van der Waals surface area contributed by atoms with Crippen LogP contribution in [0.1, 0.15) is 25.8 Å². The first kappa shape index (κ1) is 16.3. The van der Waals surface area contributed by atoms with Gasteiger partial charge in [0.05, 0.1) is 4.90 Å². The van der Waals surface area contributed by atoms with Crippen LogP contribution >= 0.6 is 11.6 Å². The second-order valence-corrected chi connectivity index (χ2v) is 7.69. The van der Waals surface area contributed by atoms with E-state index in [0.29, 0.717) is 11.6 Å². The normalized spacial score (nSPS) is 19.6. The first-order chi connectivity index (χ1) is 9.70. The fraction of sp³-hybridized carbons (Fsp3) is 0.500. The maximum absolute atomic E-state index is 12.3. The van der Waals surface area contributed by atoms with E-state index in [1.165, 1.54) is 12.1 Å². The van der Waals surface area contributed by atoms with Crippen LogP contribution in [-0.2, 0) is 14.8 Å². The lowest BCUT2D eigenvalue weighted by molar-refractivity contribution is -0.129. The van der Waals surface area contributed by atoms with Gasteiger partial charge in [-0.15, -0.1) is 0 Å². The average Bonchev–Trinajstić information content (AvgIpc) is 2.72. The molecule has 116 valence electrons. The van der Waals surface area contributed by atoms with Gasteiger partial charge in [-0.1, -0.05) is 17.7 Å². The van der Waals surface area contributed by atoms with Crippen LogP contribution in [0.25, 0.3) is 0 Å². The second-order valence-electron chi connectivity index (χ2n) is 5.57. The van der Waals surface area contributed by atoms with Crippen molar-refractivity contribution in [3.63, 3.8) is 0 Å². The van der Waals surface area contributed by atoms with Crippen molar-refractivity contribution in [2.45, 2.75) is 44.2 Å². The van der Waals surface area contributed by atoms with Gasteiger partial charge in [0.2, 0.25) is 15.9 Å². The summed E-state index contributed by atoms with van der Waals surface area (Å²) in [6.45, 7) is 6.03. The Labute approximate surface area is 130 Å². The van der Waals surface area contributed by atoms with E-state index >= 15 is 0 Å². The number of rotatable bonds is 4. The highest BCUT2D eigenvalue weighted by molar-refractivity contribution is 7.89. The Morgan fingerprint density at radius 2 is 2.05 bits per heavy atom. The van der Waals surface area contributed by atoms with Gasteiger partial charge in [0.1, 0.15) is 0 Å². The van der Waals surface area contributed by atoms with Gasteiger partial charge in [0.15, 0.2) is 0 Å². The Kier molecular flexibility index (Phi) is 4.60. The number of likely N-dealkylation sites (tertiary alicyclic amines) is 1. The van der Waals surface area contributed by atoms with Crippen molar-refractivity contribution in [3.8, 4) is 0 Å². The third kappa shape index (κ3) is 3.56. The SMILES string of the molecule is Cc1ccc(S(=O)(=O)NC2CC(=O)N(C(C)C)C2)cc1Cl. The quantitative estimate of drug-likeness (QED) is 0.917. The Balaban J connectivity index is 2.15. The zero-order chi connectivity index (χ0) is 15.8. The molecule has 1 unspecified atom stereocenters. The zero-order valence-electron chi connectivity index (χ0n) is 12.3. The van der Waals surface area contributed by atoms with Crippen LogP contribution in [0.5, 0.6) is 0 Å². The predicted molar refractivity (Wildman–Crippen MR) is 81.8 cm³/mol. The van der Waals surface area contributed by atoms with Crippen LogP contribution in [0.15, 0.2) is 23.1 Å². The molecule has 1 N–H and O–H groups in total. The summed E-state index contributed by atoms with van der Waals surface area (Å²) in [5.74, 6) is -0.0281. The Morgan fingerprint density at radius 1 is 1.38 bits per heavy atom. The maximum Gasteiger partial charge on any atom is 0.240 e. The van der Waals surface area contributed by atoms with Crippen molar-refractivity contribution in [1.82, 2.24) is 9.62 Å². The third-order valence-electron chi connectivity index (χ3n) is 3.56. The van der Waals surface area contributed by atoms with E-state index in [9.17, 15) is 13.2 Å². The fourth-order valence-electron chi connectivity index (χ4n) is 2.34. The summed E-state index contributed by atoms with van der Waals surface area (Å²) >= 11 is 5.97. The summed E-state index contributed by atoms with van der Waals surface area (Å²) in [5.41, 5.74) is 0.817. The van der Waals surface area contributed by atoms with E-state index in [0.717, 1.165) is 5.56 Å². The molecule has 1 saturated heterocycles. The number of carbonyl (C=O) groups excluding carboxylic acids is 1. The molecule has 1 aromatic carbocycles. The molecular formula is C14H19ClN2O3S. The molecular weight excluding hydrogens is 312 g/mol. The van der Waals surface area contributed by atoms with Gasteiger partial charge in [-0.05, 0) is 38.5 Å². The summed E-state index contributed by atoms with van der Waals surface area (Å²) in [4.78, 5) is 13.6. The molecule has 1 aliphatic rings. The Bertz CT molecular complexity index is 658. The number of sulfonamides is 1. The fourth-order valence-corrected chi connectivity index (χ4v) is 3.84. The van der Waals surface area contributed by atoms with E-state index in [1.54, 1.807) is 11.0 Å². The molecule has 0 bridgehead atoms. The van der Waals surface area contributed by atoms with Crippen LogP contribution in [0.4, 0.5) is 0 Å². The van der Waals surface area contributed by atoms with Crippen LogP contribution in [0, 0.1) is 6.92 Å². The minimum absolute atomic E-state index is 0.0281. The third-order valence-corrected chi connectivity index (χ3v) is 5.48. The van der Waals surface area contributed by atoms with Gasteiger partial charge in [-0.2, -0.15) is 0 Å². The lowest BCUT2D eigenvalue weighted by Gasteiger charge is -2.21. The number of nitrogens with one attached hydrogen (secondary N) is 1. The number of aryl methyl sites for hydroxylation is 1. The van der Waals surface area contributed by atoms with Crippen LogP contribution in [0.2, 0.25) is 5.02 Å². The smallest absolute Gasteiger partial charge is 0.240 e. The average molecular weight is 331 g/mol. The lowest BCUT2D eigenvalue weighted by atomic mass is 10.2. The van der Waals surface area contributed by atoms with E-state index < -0.39 is 16.1 Å².